The highest BCUT2D eigenvalue weighted by Gasteiger charge is 2.42. The van der Waals surface area contributed by atoms with Crippen molar-refractivity contribution >= 4 is 11.9 Å². The van der Waals surface area contributed by atoms with E-state index < -0.39 is 24.4 Å². The van der Waals surface area contributed by atoms with E-state index in [1.165, 1.54) is 13.8 Å². The highest BCUT2D eigenvalue weighted by molar-refractivity contribution is 5.66. The Morgan fingerprint density at radius 2 is 1.78 bits per heavy atom. The number of nitrogens with two attached hydrogens (primary N) is 1. The van der Waals surface area contributed by atoms with Gasteiger partial charge in [-0.1, -0.05) is 13.8 Å². The molecule has 0 bridgehead atoms. The summed E-state index contributed by atoms with van der Waals surface area (Å²) < 4.78 is 15.7. The van der Waals surface area contributed by atoms with E-state index in [1.807, 2.05) is 13.8 Å². The number of rotatable bonds is 3. The number of carbonyl (C=O) groups is 2. The Hall–Kier alpha value is -1.14. The summed E-state index contributed by atoms with van der Waals surface area (Å²) in [6.45, 7) is 6.58. The van der Waals surface area contributed by atoms with Gasteiger partial charge in [0.2, 0.25) is 0 Å². The van der Waals surface area contributed by atoms with Gasteiger partial charge in [0, 0.05) is 25.7 Å². The smallest absolute Gasteiger partial charge is 0.303 e. The molecule has 18 heavy (non-hydrogen) atoms. The molecule has 1 heterocycles. The van der Waals surface area contributed by atoms with Gasteiger partial charge in [0.1, 0.15) is 25.0 Å². The third kappa shape index (κ3) is 3.68. The molecule has 0 spiro atoms. The van der Waals surface area contributed by atoms with E-state index >= 15 is 0 Å². The molecule has 1 aliphatic rings. The fourth-order valence-corrected chi connectivity index (χ4v) is 2.05. The molecule has 1 aliphatic heterocycles. The zero-order valence-corrected chi connectivity index (χ0v) is 11.2. The molecular formula is C12H21NO5. The Bertz CT molecular complexity index is 320. The van der Waals surface area contributed by atoms with E-state index in [0.29, 0.717) is 0 Å². The molecule has 0 amide bonds. The van der Waals surface area contributed by atoms with Gasteiger partial charge in [-0.3, -0.25) is 9.59 Å². The van der Waals surface area contributed by atoms with E-state index in [-0.39, 0.29) is 24.4 Å². The van der Waals surface area contributed by atoms with Gasteiger partial charge in [0.25, 0.3) is 0 Å². The van der Waals surface area contributed by atoms with Crippen molar-refractivity contribution < 1.29 is 23.8 Å². The monoisotopic (exact) mass is 259 g/mol. The standard InChI is InChI=1S/C12H21NO5/c1-6-7(2)12(13)18-10(5-16-8(3)14)11(6)17-9(4)15/h6-7,10-12H,5,13H2,1-4H3/t6-,7+,10-,11-,12?/m1/s1. The molecule has 0 aromatic rings. The quantitative estimate of drug-likeness (QED) is 0.740. The maximum atomic E-state index is 11.1. The summed E-state index contributed by atoms with van der Waals surface area (Å²) >= 11 is 0. The number of esters is 2. The van der Waals surface area contributed by atoms with Gasteiger partial charge in [-0.25, -0.2) is 0 Å². The van der Waals surface area contributed by atoms with Crippen LogP contribution in [-0.4, -0.2) is 37.0 Å². The van der Waals surface area contributed by atoms with E-state index in [0.717, 1.165) is 0 Å². The first-order valence-electron chi connectivity index (χ1n) is 6.04. The molecule has 5 atom stereocenters. The van der Waals surface area contributed by atoms with Gasteiger partial charge in [0.15, 0.2) is 0 Å². The van der Waals surface area contributed by atoms with Crippen LogP contribution in [0, 0.1) is 11.8 Å². The molecule has 6 heteroatoms. The molecule has 0 saturated carbocycles. The van der Waals surface area contributed by atoms with Crippen molar-refractivity contribution in [1.29, 1.82) is 0 Å². The minimum Gasteiger partial charge on any atom is -0.463 e. The molecule has 1 saturated heterocycles. The Morgan fingerprint density at radius 1 is 1.17 bits per heavy atom. The maximum Gasteiger partial charge on any atom is 0.303 e. The van der Waals surface area contributed by atoms with Crippen LogP contribution in [0.3, 0.4) is 0 Å². The first kappa shape index (κ1) is 14.9. The Kier molecular flexibility index (Phi) is 5.10. The summed E-state index contributed by atoms with van der Waals surface area (Å²) in [5, 5.41) is 0. The SMILES string of the molecule is CC(=O)OC[C@H]1OC(N)[C@@H](C)[C@@H](C)[C@H]1OC(C)=O. The second-order valence-electron chi connectivity index (χ2n) is 4.73. The summed E-state index contributed by atoms with van der Waals surface area (Å²) in [6.07, 6.45) is -1.41. The predicted molar refractivity (Wildman–Crippen MR) is 63.4 cm³/mol. The topological polar surface area (TPSA) is 87.8 Å². The third-order valence-electron chi connectivity index (χ3n) is 3.32. The molecule has 1 rings (SSSR count). The number of hydrogen-bond donors (Lipinski definition) is 1. The Balaban J connectivity index is 2.75. The van der Waals surface area contributed by atoms with Crippen LogP contribution in [0.2, 0.25) is 0 Å². The Morgan fingerprint density at radius 3 is 2.28 bits per heavy atom. The molecule has 0 aliphatic carbocycles. The van der Waals surface area contributed by atoms with Crippen LogP contribution >= 0.6 is 0 Å². The Labute approximate surface area is 107 Å². The van der Waals surface area contributed by atoms with Crippen LogP contribution in [0.1, 0.15) is 27.7 Å². The second-order valence-corrected chi connectivity index (χ2v) is 4.73. The lowest BCUT2D eigenvalue weighted by molar-refractivity contribution is -0.204. The minimum atomic E-state index is -0.515. The van der Waals surface area contributed by atoms with E-state index in [2.05, 4.69) is 0 Å². The molecule has 0 aromatic carbocycles. The van der Waals surface area contributed by atoms with Gasteiger partial charge >= 0.3 is 11.9 Å². The van der Waals surface area contributed by atoms with Gasteiger partial charge in [-0.2, -0.15) is 0 Å². The number of ether oxygens (including phenoxy) is 3. The summed E-state index contributed by atoms with van der Waals surface area (Å²) in [4.78, 5) is 21.9. The van der Waals surface area contributed by atoms with Crippen molar-refractivity contribution in [1.82, 2.24) is 0 Å². The van der Waals surface area contributed by atoms with Crippen LogP contribution < -0.4 is 5.73 Å². The van der Waals surface area contributed by atoms with Crippen LogP contribution in [0.15, 0.2) is 0 Å². The van der Waals surface area contributed by atoms with Crippen molar-refractivity contribution in [3.05, 3.63) is 0 Å². The van der Waals surface area contributed by atoms with Crippen LogP contribution in [0.4, 0.5) is 0 Å². The third-order valence-corrected chi connectivity index (χ3v) is 3.32. The highest BCUT2D eigenvalue weighted by atomic mass is 16.6. The summed E-state index contributed by atoms with van der Waals surface area (Å²) in [5.74, 6) is -0.688. The largest absolute Gasteiger partial charge is 0.463 e. The molecule has 1 unspecified atom stereocenters. The molecule has 0 radical (unpaired) electrons. The normalized spacial score (nSPS) is 35.9. The van der Waals surface area contributed by atoms with Crippen molar-refractivity contribution in [2.45, 2.75) is 46.1 Å². The summed E-state index contributed by atoms with van der Waals surface area (Å²) in [5.41, 5.74) is 5.86. The molecular weight excluding hydrogens is 238 g/mol. The van der Waals surface area contributed by atoms with Crippen molar-refractivity contribution in [3.63, 3.8) is 0 Å². The van der Waals surface area contributed by atoms with Gasteiger partial charge < -0.3 is 19.9 Å². The molecule has 104 valence electrons. The second kappa shape index (κ2) is 6.15. The van der Waals surface area contributed by atoms with E-state index in [9.17, 15) is 9.59 Å². The molecule has 1 fully saturated rings. The first-order chi connectivity index (χ1) is 8.32. The maximum absolute atomic E-state index is 11.1. The average molecular weight is 259 g/mol. The summed E-state index contributed by atoms with van der Waals surface area (Å²) in [7, 11) is 0. The van der Waals surface area contributed by atoms with Crippen molar-refractivity contribution in [2.24, 2.45) is 17.6 Å². The van der Waals surface area contributed by atoms with Crippen LogP contribution in [0.25, 0.3) is 0 Å². The van der Waals surface area contributed by atoms with Crippen LogP contribution in [-0.2, 0) is 23.8 Å². The first-order valence-corrected chi connectivity index (χ1v) is 6.04. The molecule has 6 nitrogen and oxygen atoms in total. The van der Waals surface area contributed by atoms with E-state index in [4.69, 9.17) is 19.9 Å². The molecule has 0 aromatic heterocycles. The highest BCUT2D eigenvalue weighted by Crippen LogP contribution is 2.31. The fourth-order valence-electron chi connectivity index (χ4n) is 2.05. The predicted octanol–water partition coefficient (Wildman–Crippen LogP) is 0.437. The zero-order valence-electron chi connectivity index (χ0n) is 11.2. The van der Waals surface area contributed by atoms with Crippen molar-refractivity contribution in [3.8, 4) is 0 Å². The van der Waals surface area contributed by atoms with Crippen LogP contribution in [0.5, 0.6) is 0 Å². The fraction of sp³-hybridized carbons (Fsp3) is 0.833. The number of carbonyl (C=O) groups excluding carboxylic acids is 2. The number of hydrogen-bond acceptors (Lipinski definition) is 6. The lowest BCUT2D eigenvalue weighted by atomic mass is 9.84. The minimum absolute atomic E-state index is 0.0397. The lowest BCUT2D eigenvalue weighted by Gasteiger charge is -2.42. The summed E-state index contributed by atoms with van der Waals surface area (Å²) in [6, 6.07) is 0. The van der Waals surface area contributed by atoms with Crippen molar-refractivity contribution in [2.75, 3.05) is 6.61 Å². The molecule has 2 N–H and O–H groups in total. The van der Waals surface area contributed by atoms with Gasteiger partial charge in [-0.15, -0.1) is 0 Å². The van der Waals surface area contributed by atoms with Gasteiger partial charge in [-0.05, 0) is 0 Å². The zero-order chi connectivity index (χ0) is 13.9. The average Bonchev–Trinajstić information content (AvgIpc) is 2.27. The van der Waals surface area contributed by atoms with E-state index in [1.54, 1.807) is 0 Å². The lowest BCUT2D eigenvalue weighted by Crippen LogP contribution is -2.55. The van der Waals surface area contributed by atoms with Gasteiger partial charge in [0.05, 0.1) is 0 Å².